The highest BCUT2D eigenvalue weighted by Gasteiger charge is 2.36. The van der Waals surface area contributed by atoms with Gasteiger partial charge in [0.2, 0.25) is 5.91 Å². The minimum Gasteiger partial charge on any atom is -0.344 e. The molecule has 6 rings (SSSR count). The predicted octanol–water partition coefficient (Wildman–Crippen LogP) is 5.19. The van der Waals surface area contributed by atoms with Crippen molar-refractivity contribution in [3.63, 3.8) is 0 Å². The van der Waals surface area contributed by atoms with Crippen molar-refractivity contribution in [2.75, 3.05) is 18.5 Å². The quantitative estimate of drug-likeness (QED) is 0.374. The Labute approximate surface area is 224 Å². The first-order valence-corrected chi connectivity index (χ1v) is 12.9. The molecule has 3 aromatic carbocycles. The van der Waals surface area contributed by atoms with Crippen molar-refractivity contribution < 1.29 is 23.1 Å². The molecule has 2 aliphatic rings. The van der Waals surface area contributed by atoms with E-state index in [0.717, 1.165) is 29.7 Å². The summed E-state index contributed by atoms with van der Waals surface area (Å²) in [6.45, 7) is 0.316. The Hall–Kier alpha value is -4.37. The molecule has 1 saturated heterocycles. The number of anilines is 1. The summed E-state index contributed by atoms with van der Waals surface area (Å²) in [5, 5.41) is 7.69. The number of nitrogens with one attached hydrogen (secondary N) is 1. The number of halogens is 2. The number of benzene rings is 3. The van der Waals surface area contributed by atoms with Crippen LogP contribution in [0.5, 0.6) is 0 Å². The lowest BCUT2D eigenvalue weighted by Crippen LogP contribution is -2.30. The highest BCUT2D eigenvalue weighted by atomic mass is 19.1. The topological polar surface area (TPSA) is 76.5 Å². The number of rotatable bonds is 6. The molecule has 7 nitrogen and oxygen atoms in total. The number of aromatic nitrogens is 2. The van der Waals surface area contributed by atoms with Crippen molar-refractivity contribution in [1.82, 2.24) is 14.7 Å². The summed E-state index contributed by atoms with van der Waals surface area (Å²) in [7, 11) is 0. The van der Waals surface area contributed by atoms with E-state index in [2.05, 4.69) is 5.32 Å². The van der Waals surface area contributed by atoms with Gasteiger partial charge in [-0.05, 0) is 85.0 Å². The van der Waals surface area contributed by atoms with E-state index >= 15 is 0 Å². The maximum absolute atomic E-state index is 13.7. The summed E-state index contributed by atoms with van der Waals surface area (Å²) >= 11 is 0. The van der Waals surface area contributed by atoms with Crippen LogP contribution in [0.2, 0.25) is 0 Å². The summed E-state index contributed by atoms with van der Waals surface area (Å²) < 4.78 is 34.8. The molecule has 1 N–H and O–H groups in total. The first-order chi connectivity index (χ1) is 18.9. The fraction of sp³-hybridized carbons (Fsp3) is 0.233. The van der Waals surface area contributed by atoms with Crippen LogP contribution in [-0.2, 0) is 27.2 Å². The van der Waals surface area contributed by atoms with Crippen LogP contribution in [0.3, 0.4) is 0 Å². The van der Waals surface area contributed by atoms with E-state index in [4.69, 9.17) is 9.84 Å². The molecular weight excluding hydrogens is 502 g/mol. The molecular formula is C30H26F2N4O3. The fourth-order valence-electron chi connectivity index (χ4n) is 5.09. The molecule has 0 unspecified atom stereocenters. The number of ether oxygens (including phenoxy) is 1. The zero-order valence-corrected chi connectivity index (χ0v) is 21.1. The van der Waals surface area contributed by atoms with Gasteiger partial charge in [0, 0.05) is 36.0 Å². The zero-order valence-electron chi connectivity index (χ0n) is 21.1. The van der Waals surface area contributed by atoms with Crippen molar-refractivity contribution >= 4 is 17.5 Å². The Morgan fingerprint density at radius 1 is 0.949 bits per heavy atom. The van der Waals surface area contributed by atoms with Crippen molar-refractivity contribution in [3.05, 3.63) is 101 Å². The molecule has 1 fully saturated rings. The van der Waals surface area contributed by atoms with Crippen LogP contribution < -0.4 is 5.32 Å². The minimum atomic E-state index is -0.702. The number of hydrogen-bond donors (Lipinski definition) is 1. The van der Waals surface area contributed by atoms with Gasteiger partial charge in [-0.1, -0.05) is 12.1 Å². The van der Waals surface area contributed by atoms with Crippen molar-refractivity contribution in [1.29, 1.82) is 0 Å². The zero-order chi connectivity index (χ0) is 26.9. The standard InChI is InChI=1S/C30H26F2N4O3/c31-22-8-6-21(7-9-22)29-25(17-36(34-29)24-12-10-23(32)11-13-24)30-35(28(38)18-39-30)15-14-19-4-5-20-2-1-3-27(37)33-26(20)16-19/h4-13,16-17,30H,1-3,14-15,18H2,(H,33,37)/t30-/m1/s1. The predicted molar refractivity (Wildman–Crippen MR) is 141 cm³/mol. The Balaban J connectivity index is 1.30. The van der Waals surface area contributed by atoms with Crippen molar-refractivity contribution in [2.24, 2.45) is 0 Å². The van der Waals surface area contributed by atoms with Gasteiger partial charge >= 0.3 is 0 Å². The van der Waals surface area contributed by atoms with Crippen LogP contribution >= 0.6 is 0 Å². The minimum absolute atomic E-state index is 0.0144. The molecule has 2 amide bonds. The highest BCUT2D eigenvalue weighted by Crippen LogP contribution is 2.35. The first kappa shape index (κ1) is 24.9. The second-order valence-electron chi connectivity index (χ2n) is 9.75. The molecule has 4 aromatic rings. The molecule has 0 bridgehead atoms. The Morgan fingerprint density at radius 3 is 2.46 bits per heavy atom. The van der Waals surface area contributed by atoms with Gasteiger partial charge in [0.25, 0.3) is 5.91 Å². The van der Waals surface area contributed by atoms with Gasteiger partial charge in [-0.3, -0.25) is 9.59 Å². The average molecular weight is 529 g/mol. The van der Waals surface area contributed by atoms with Gasteiger partial charge in [-0.25, -0.2) is 13.5 Å². The molecule has 1 atom stereocenters. The van der Waals surface area contributed by atoms with E-state index in [1.54, 1.807) is 40.0 Å². The third-order valence-electron chi connectivity index (χ3n) is 7.13. The number of aryl methyl sites for hydroxylation is 1. The van der Waals surface area contributed by atoms with Crippen molar-refractivity contribution in [2.45, 2.75) is 31.9 Å². The van der Waals surface area contributed by atoms with Gasteiger partial charge in [-0.2, -0.15) is 5.10 Å². The first-order valence-electron chi connectivity index (χ1n) is 12.9. The average Bonchev–Trinajstić information content (AvgIpc) is 3.47. The Morgan fingerprint density at radius 2 is 1.69 bits per heavy atom. The molecule has 0 radical (unpaired) electrons. The second kappa shape index (κ2) is 10.4. The van der Waals surface area contributed by atoms with Crippen LogP contribution in [0.15, 0.2) is 72.9 Å². The van der Waals surface area contributed by atoms with Gasteiger partial charge in [-0.15, -0.1) is 0 Å². The van der Waals surface area contributed by atoms with Gasteiger partial charge in [0.15, 0.2) is 6.23 Å². The third-order valence-corrected chi connectivity index (χ3v) is 7.13. The number of carbonyl (C=O) groups is 2. The largest absolute Gasteiger partial charge is 0.344 e. The number of hydrogen-bond acceptors (Lipinski definition) is 4. The molecule has 0 saturated carbocycles. The summed E-state index contributed by atoms with van der Waals surface area (Å²) in [6.07, 6.45) is 3.80. The van der Waals surface area contributed by atoms with Crippen LogP contribution in [0.1, 0.15) is 35.8 Å². The van der Waals surface area contributed by atoms with Crippen LogP contribution in [0.25, 0.3) is 16.9 Å². The van der Waals surface area contributed by atoms with E-state index in [0.29, 0.717) is 41.9 Å². The molecule has 2 aliphatic heterocycles. The van der Waals surface area contributed by atoms with E-state index < -0.39 is 6.23 Å². The lowest BCUT2D eigenvalue weighted by atomic mass is 10.0. The Bertz CT molecular complexity index is 1530. The van der Waals surface area contributed by atoms with E-state index in [1.807, 2.05) is 18.2 Å². The molecule has 9 heteroatoms. The number of nitrogens with zero attached hydrogens (tertiary/aromatic N) is 3. The number of amides is 2. The molecule has 3 heterocycles. The van der Waals surface area contributed by atoms with E-state index in [-0.39, 0.29) is 30.1 Å². The molecule has 0 aliphatic carbocycles. The second-order valence-corrected chi connectivity index (χ2v) is 9.75. The van der Waals surface area contributed by atoms with Gasteiger partial charge < -0.3 is 15.0 Å². The normalized spacial score (nSPS) is 17.2. The van der Waals surface area contributed by atoms with Gasteiger partial charge in [0.1, 0.15) is 23.9 Å². The fourth-order valence-corrected chi connectivity index (χ4v) is 5.09. The molecule has 198 valence electrons. The monoisotopic (exact) mass is 528 g/mol. The summed E-state index contributed by atoms with van der Waals surface area (Å²) in [5.41, 5.74) is 5.42. The molecule has 1 aromatic heterocycles. The lowest BCUT2D eigenvalue weighted by Gasteiger charge is -2.23. The van der Waals surface area contributed by atoms with Gasteiger partial charge in [0.05, 0.1) is 5.69 Å². The highest BCUT2D eigenvalue weighted by molar-refractivity contribution is 5.92. The number of fused-ring (bicyclic) bond motifs is 1. The molecule has 0 spiro atoms. The van der Waals surface area contributed by atoms with Crippen LogP contribution in [-0.4, -0.2) is 39.6 Å². The maximum Gasteiger partial charge on any atom is 0.250 e. The maximum atomic E-state index is 13.7. The number of carbonyl (C=O) groups excluding carboxylic acids is 2. The van der Waals surface area contributed by atoms with E-state index in [9.17, 15) is 18.4 Å². The lowest BCUT2D eigenvalue weighted by molar-refractivity contribution is -0.128. The summed E-state index contributed by atoms with van der Waals surface area (Å²) in [4.78, 5) is 26.6. The Kier molecular flexibility index (Phi) is 6.66. The van der Waals surface area contributed by atoms with Crippen LogP contribution in [0, 0.1) is 11.6 Å². The summed E-state index contributed by atoms with van der Waals surface area (Å²) in [5.74, 6) is -0.870. The smallest absolute Gasteiger partial charge is 0.250 e. The molecule has 39 heavy (non-hydrogen) atoms. The van der Waals surface area contributed by atoms with Crippen LogP contribution in [0.4, 0.5) is 14.5 Å². The third kappa shape index (κ3) is 5.18. The summed E-state index contributed by atoms with van der Waals surface area (Å²) in [6, 6.07) is 17.9. The van der Waals surface area contributed by atoms with Crippen molar-refractivity contribution in [3.8, 4) is 16.9 Å². The SMILES string of the molecule is O=C1CCCc2ccc(CCN3C(=O)CO[C@@H]3c3cn(-c4ccc(F)cc4)nc3-c3ccc(F)cc3)cc2N1. The van der Waals surface area contributed by atoms with E-state index in [1.165, 1.54) is 24.3 Å².